The molecular formula is C30H55NO9P+. The van der Waals surface area contributed by atoms with E-state index in [-0.39, 0.29) is 19.6 Å². The van der Waals surface area contributed by atoms with Crippen molar-refractivity contribution in [1.29, 1.82) is 0 Å². The Morgan fingerprint density at radius 2 is 1.63 bits per heavy atom. The number of hydrogen-bond donors (Lipinski definition) is 2. The first-order chi connectivity index (χ1) is 19.3. The number of carbonyl (C=O) groups is 2. The van der Waals surface area contributed by atoms with Gasteiger partial charge in [0.05, 0.1) is 33.9 Å². The monoisotopic (exact) mass is 604 g/mol. The van der Waals surface area contributed by atoms with Gasteiger partial charge in [0.15, 0.2) is 6.10 Å². The Hall–Kier alpha value is -1.81. The van der Waals surface area contributed by atoms with Gasteiger partial charge in [0.2, 0.25) is 0 Å². The van der Waals surface area contributed by atoms with Crippen molar-refractivity contribution in [2.24, 2.45) is 0 Å². The molecule has 0 aliphatic rings. The Morgan fingerprint density at radius 3 is 2.32 bits per heavy atom. The fourth-order valence-electron chi connectivity index (χ4n) is 3.45. The molecule has 0 aliphatic heterocycles. The van der Waals surface area contributed by atoms with Crippen LogP contribution in [0.4, 0.5) is 0 Å². The van der Waals surface area contributed by atoms with E-state index in [1.165, 1.54) is 45.4 Å². The van der Waals surface area contributed by atoms with Crippen molar-refractivity contribution in [2.45, 2.75) is 96.7 Å². The largest absolute Gasteiger partial charge is 0.472 e. The molecule has 0 heterocycles. The molecule has 3 atom stereocenters. The predicted molar refractivity (Wildman–Crippen MR) is 161 cm³/mol. The van der Waals surface area contributed by atoms with Crippen molar-refractivity contribution >= 4 is 19.8 Å². The van der Waals surface area contributed by atoms with Gasteiger partial charge in [0, 0.05) is 13.3 Å². The summed E-state index contributed by atoms with van der Waals surface area (Å²) in [7, 11) is 1.34. The lowest BCUT2D eigenvalue weighted by Gasteiger charge is -2.24. The van der Waals surface area contributed by atoms with Crippen LogP contribution in [0.1, 0.15) is 84.5 Å². The van der Waals surface area contributed by atoms with Gasteiger partial charge in [0.25, 0.3) is 0 Å². The van der Waals surface area contributed by atoms with E-state index >= 15 is 0 Å². The van der Waals surface area contributed by atoms with Crippen molar-refractivity contribution in [2.75, 3.05) is 47.5 Å². The van der Waals surface area contributed by atoms with Gasteiger partial charge in [-0.25, -0.2) is 4.57 Å². The minimum absolute atomic E-state index is 0.00536. The molecule has 0 radical (unpaired) electrons. The first-order valence-corrected chi connectivity index (χ1v) is 16.3. The summed E-state index contributed by atoms with van der Waals surface area (Å²) in [6, 6.07) is 0. The van der Waals surface area contributed by atoms with Gasteiger partial charge in [-0.1, -0.05) is 75.5 Å². The molecule has 10 nitrogen and oxygen atoms in total. The third-order valence-corrected chi connectivity index (χ3v) is 6.82. The molecule has 0 aromatic rings. The molecule has 0 amide bonds. The first kappa shape index (κ1) is 39.2. The lowest BCUT2D eigenvalue weighted by Crippen LogP contribution is -2.37. The van der Waals surface area contributed by atoms with E-state index in [1.54, 1.807) is 12.2 Å². The molecule has 0 aromatic carbocycles. The number of aliphatic hydroxyl groups excluding tert-OH is 1. The van der Waals surface area contributed by atoms with Crippen LogP contribution in [0.25, 0.3) is 0 Å². The number of carbonyl (C=O) groups excluding carboxylic acids is 2. The van der Waals surface area contributed by atoms with Gasteiger partial charge in [-0.15, -0.1) is 0 Å². The quantitative estimate of drug-likeness (QED) is 0.0340. The number of likely N-dealkylation sites (N-methyl/N-ethyl adjacent to an activating group) is 1. The fraction of sp³-hybridized carbons (Fsp3) is 0.733. The number of aliphatic hydroxyl groups is 1. The minimum atomic E-state index is -4.38. The lowest BCUT2D eigenvalue weighted by atomic mass is 10.1. The van der Waals surface area contributed by atoms with Crippen LogP contribution in [0.15, 0.2) is 36.5 Å². The average molecular weight is 605 g/mol. The van der Waals surface area contributed by atoms with Gasteiger partial charge in [0.1, 0.15) is 19.8 Å². The maximum absolute atomic E-state index is 12.3. The molecule has 2 N–H and O–H groups in total. The Balaban J connectivity index is 4.30. The van der Waals surface area contributed by atoms with E-state index in [9.17, 15) is 24.2 Å². The summed E-state index contributed by atoms with van der Waals surface area (Å²) < 4.78 is 32.7. The zero-order valence-corrected chi connectivity index (χ0v) is 26.8. The maximum Gasteiger partial charge on any atom is 0.472 e. The number of ether oxygens (including phenoxy) is 2. The van der Waals surface area contributed by atoms with Crippen LogP contribution in [-0.4, -0.2) is 86.1 Å². The molecule has 41 heavy (non-hydrogen) atoms. The Labute approximate surface area is 247 Å². The zero-order chi connectivity index (χ0) is 31.0. The number of allylic oxidation sites excluding steroid dienone is 5. The van der Waals surface area contributed by atoms with E-state index < -0.39 is 38.6 Å². The average Bonchev–Trinajstić information content (AvgIpc) is 2.87. The van der Waals surface area contributed by atoms with Gasteiger partial charge in [-0.3, -0.25) is 18.6 Å². The summed E-state index contributed by atoms with van der Waals surface area (Å²) >= 11 is 0. The molecule has 0 aromatic heterocycles. The second kappa shape index (κ2) is 23.7. The summed E-state index contributed by atoms with van der Waals surface area (Å²) in [6.07, 6.45) is 20.4. The highest BCUT2D eigenvalue weighted by molar-refractivity contribution is 7.47. The van der Waals surface area contributed by atoms with E-state index in [2.05, 4.69) is 19.1 Å². The normalized spacial score (nSPS) is 15.4. The van der Waals surface area contributed by atoms with Gasteiger partial charge < -0.3 is 24.0 Å². The van der Waals surface area contributed by atoms with Gasteiger partial charge in [-0.05, 0) is 32.1 Å². The van der Waals surface area contributed by atoms with Crippen LogP contribution in [0, 0.1) is 0 Å². The van der Waals surface area contributed by atoms with Crippen LogP contribution in [-0.2, 0) is 32.7 Å². The summed E-state index contributed by atoms with van der Waals surface area (Å²) in [4.78, 5) is 33.3. The highest BCUT2D eigenvalue weighted by atomic mass is 31.2. The lowest BCUT2D eigenvalue weighted by molar-refractivity contribution is -0.870. The Morgan fingerprint density at radius 1 is 0.927 bits per heavy atom. The molecule has 0 aliphatic carbocycles. The number of unbranched alkanes of at least 4 members (excludes halogenated alkanes) is 6. The smallest absolute Gasteiger partial charge is 0.462 e. The SMILES string of the molecule is CCCCCCCC/C=C/C/C=C/C=C/C(O)CCCC(=O)O[C@H](COC(C)=O)COP(=O)(O)OCC[N+](C)(C)C. The molecule has 0 saturated heterocycles. The number of phosphoric acid groups is 1. The minimum Gasteiger partial charge on any atom is -0.462 e. The number of phosphoric ester groups is 1. The number of quaternary nitrogens is 1. The van der Waals surface area contributed by atoms with E-state index in [0.717, 1.165) is 12.8 Å². The standard InChI is InChI=1S/C30H54NO9P/c1-6-7-8-9-10-11-12-13-14-15-16-17-18-20-28(33)21-19-22-30(34)40-29(25-37-27(2)32)26-39-41(35,36)38-24-23-31(3,4)5/h13-14,16-18,20,28-29,33H,6-12,15,19,21-26H2,1-5H3/p+1/b14-13+,17-16+,20-18+/t28?,29-/m1/s1. The molecule has 0 spiro atoms. The highest BCUT2D eigenvalue weighted by Gasteiger charge is 2.26. The van der Waals surface area contributed by atoms with E-state index in [0.29, 0.717) is 23.9 Å². The first-order valence-electron chi connectivity index (χ1n) is 14.8. The van der Waals surface area contributed by atoms with Crippen molar-refractivity contribution in [3.8, 4) is 0 Å². The Bertz CT molecular complexity index is 836. The number of rotatable bonds is 25. The zero-order valence-electron chi connectivity index (χ0n) is 25.9. The topological polar surface area (TPSA) is 129 Å². The molecule has 0 bridgehead atoms. The van der Waals surface area contributed by atoms with Crippen LogP contribution in [0.3, 0.4) is 0 Å². The Kier molecular flexibility index (Phi) is 22.7. The molecule has 0 fully saturated rings. The molecule has 0 rings (SSSR count). The maximum atomic E-state index is 12.3. The van der Waals surface area contributed by atoms with Crippen LogP contribution >= 0.6 is 7.82 Å². The van der Waals surface area contributed by atoms with Crippen LogP contribution in [0.2, 0.25) is 0 Å². The number of nitrogens with zero attached hydrogens (tertiary/aromatic N) is 1. The van der Waals surface area contributed by atoms with Crippen LogP contribution in [0.5, 0.6) is 0 Å². The van der Waals surface area contributed by atoms with Crippen molar-refractivity contribution in [3.05, 3.63) is 36.5 Å². The van der Waals surface area contributed by atoms with Crippen molar-refractivity contribution < 1.29 is 47.2 Å². The summed E-state index contributed by atoms with van der Waals surface area (Å²) in [6.45, 7) is 3.09. The van der Waals surface area contributed by atoms with E-state index in [4.69, 9.17) is 18.5 Å². The summed E-state index contributed by atoms with van der Waals surface area (Å²) in [5, 5.41) is 10.1. The molecular weight excluding hydrogens is 549 g/mol. The fourth-order valence-corrected chi connectivity index (χ4v) is 4.19. The number of esters is 2. The predicted octanol–water partition coefficient (Wildman–Crippen LogP) is 5.64. The molecule has 0 saturated carbocycles. The van der Waals surface area contributed by atoms with Gasteiger partial charge >= 0.3 is 19.8 Å². The van der Waals surface area contributed by atoms with E-state index in [1.807, 2.05) is 33.3 Å². The second-order valence-corrected chi connectivity index (χ2v) is 12.5. The van der Waals surface area contributed by atoms with Gasteiger partial charge in [-0.2, -0.15) is 0 Å². The summed E-state index contributed by atoms with van der Waals surface area (Å²) in [5.41, 5.74) is 0. The number of hydrogen-bond acceptors (Lipinski definition) is 8. The van der Waals surface area contributed by atoms with Crippen molar-refractivity contribution in [3.63, 3.8) is 0 Å². The molecule has 11 heteroatoms. The summed E-state index contributed by atoms with van der Waals surface area (Å²) in [5.74, 6) is -1.20. The molecule has 2 unspecified atom stereocenters. The third kappa shape index (κ3) is 28.1. The van der Waals surface area contributed by atoms with Crippen LogP contribution < -0.4 is 0 Å². The highest BCUT2D eigenvalue weighted by Crippen LogP contribution is 2.43. The second-order valence-electron chi connectivity index (χ2n) is 11.1. The molecule has 238 valence electrons. The third-order valence-electron chi connectivity index (χ3n) is 5.84. The van der Waals surface area contributed by atoms with Crippen molar-refractivity contribution in [1.82, 2.24) is 0 Å².